The van der Waals surface area contributed by atoms with Crippen LogP contribution in [0.1, 0.15) is 120 Å². The van der Waals surface area contributed by atoms with Gasteiger partial charge >= 0.3 is 29.6 Å². The molecule has 0 aromatic carbocycles. The van der Waals surface area contributed by atoms with Crippen molar-refractivity contribution in [3.63, 3.8) is 0 Å². The molecular weight excluding hydrogens is 627 g/mol. The quantitative estimate of drug-likeness (QED) is 0.324. The van der Waals surface area contributed by atoms with Crippen molar-refractivity contribution in [1.82, 2.24) is 0 Å². The number of rotatable bonds is 10. The molecule has 0 saturated carbocycles. The molecule has 11 heteroatoms. The SMILES string of the molecule is CC[C@@]1(C2OC(C3O[C@](O)(CC)C(C)CC3C)CC2C)CCC([C@@]2(C)CCC3(CC(O)[C@H](C)[C@@H](C(C)C(OC)[C@@H](C)C(=O)[O-])O3)O2)O1.[Na+]. The number of carboxylic acid groups (broad SMARTS) is 1. The van der Waals surface area contributed by atoms with Crippen molar-refractivity contribution >= 4 is 5.97 Å². The van der Waals surface area contributed by atoms with Crippen molar-refractivity contribution in [3.8, 4) is 0 Å². The van der Waals surface area contributed by atoms with Crippen molar-refractivity contribution in [2.75, 3.05) is 7.11 Å². The van der Waals surface area contributed by atoms with Crippen LogP contribution in [0.5, 0.6) is 0 Å². The number of methoxy groups -OCH3 is 1. The Bertz CT molecular complexity index is 1110. The average molecular weight is 691 g/mol. The molecule has 1 spiro atoms. The molecule has 11 unspecified atom stereocenters. The number of aliphatic carboxylic acids is 1. The van der Waals surface area contributed by atoms with Crippen LogP contribution in [-0.2, 0) is 33.2 Å². The fourth-order valence-electron chi connectivity index (χ4n) is 10.1. The topological polar surface area (TPSA) is 136 Å². The number of ether oxygens (including phenoxy) is 6. The summed E-state index contributed by atoms with van der Waals surface area (Å²) in [7, 11) is 1.51. The van der Waals surface area contributed by atoms with E-state index in [1.807, 2.05) is 20.8 Å². The second-order valence-electron chi connectivity index (χ2n) is 16.5. The molecular formula is C37H63NaO10. The van der Waals surface area contributed by atoms with E-state index in [9.17, 15) is 20.1 Å². The van der Waals surface area contributed by atoms with Crippen LogP contribution in [0.3, 0.4) is 0 Å². The average Bonchev–Trinajstić information content (AvgIpc) is 3.73. The standard InChI is InChI=1S/C37H64O10.Na/c1-11-35(32-21(4)18-27(43-32)29-20(3)17-22(5)37(41,12-2)46-29)14-13-28(44-35)34(9)15-16-36(47-34)19-26(38)23(6)31(45-36)24(7)30(42-10)25(8)33(39)40;/h20-32,38,41H,11-19H2,1-10H3,(H,39,40);/q;+1/p-1/t20?,21?,22?,23-,24?,25+,26?,27?,28?,29?,30?,31-,32?,34+,35-,36?,37+;/m0./s1. The van der Waals surface area contributed by atoms with Crippen LogP contribution in [0, 0.1) is 35.5 Å². The zero-order valence-electron chi connectivity index (χ0n) is 31.5. The van der Waals surface area contributed by atoms with Gasteiger partial charge in [-0.2, -0.15) is 0 Å². The Balaban J connectivity index is 0.00000520. The molecule has 5 saturated heterocycles. The summed E-state index contributed by atoms with van der Waals surface area (Å²) in [6, 6.07) is 0. The fraction of sp³-hybridized carbons (Fsp3) is 0.973. The molecule has 17 atom stereocenters. The van der Waals surface area contributed by atoms with Gasteiger partial charge in [-0.05, 0) is 63.7 Å². The van der Waals surface area contributed by atoms with Gasteiger partial charge in [-0.3, -0.25) is 0 Å². The maximum absolute atomic E-state index is 11.7. The van der Waals surface area contributed by atoms with Gasteiger partial charge in [0.05, 0.1) is 53.9 Å². The normalized spacial score (nSPS) is 49.8. The first-order chi connectivity index (χ1) is 22.0. The van der Waals surface area contributed by atoms with E-state index < -0.39 is 53.0 Å². The summed E-state index contributed by atoms with van der Waals surface area (Å²) in [5.74, 6) is -4.04. The van der Waals surface area contributed by atoms with Crippen LogP contribution in [0.4, 0.5) is 0 Å². The Hall–Kier alpha value is 0.150. The van der Waals surface area contributed by atoms with Crippen LogP contribution in [-0.4, -0.2) is 88.8 Å². The molecule has 10 nitrogen and oxygen atoms in total. The monoisotopic (exact) mass is 690 g/mol. The van der Waals surface area contributed by atoms with Gasteiger partial charge in [-0.15, -0.1) is 0 Å². The third kappa shape index (κ3) is 7.35. The summed E-state index contributed by atoms with van der Waals surface area (Å²) in [4.78, 5) is 11.7. The molecule has 48 heavy (non-hydrogen) atoms. The third-order valence-corrected chi connectivity index (χ3v) is 13.3. The second-order valence-corrected chi connectivity index (χ2v) is 16.5. The molecule has 0 aromatic heterocycles. The largest absolute Gasteiger partial charge is 1.00 e. The number of aliphatic hydroxyl groups excluding tert-OH is 1. The first-order valence-electron chi connectivity index (χ1n) is 18.5. The summed E-state index contributed by atoms with van der Waals surface area (Å²) in [6.07, 6.45) is 4.19. The second kappa shape index (κ2) is 15.2. The number of carboxylic acids is 1. The van der Waals surface area contributed by atoms with Gasteiger partial charge in [0, 0.05) is 49.6 Å². The summed E-state index contributed by atoms with van der Waals surface area (Å²) in [5, 5.41) is 34.2. The van der Waals surface area contributed by atoms with E-state index in [2.05, 4.69) is 34.6 Å². The van der Waals surface area contributed by atoms with E-state index in [0.717, 1.165) is 32.1 Å². The maximum Gasteiger partial charge on any atom is 1.00 e. The molecule has 5 aliphatic rings. The van der Waals surface area contributed by atoms with E-state index >= 15 is 0 Å². The van der Waals surface area contributed by atoms with E-state index in [-0.39, 0.29) is 83.6 Å². The molecule has 2 N–H and O–H groups in total. The van der Waals surface area contributed by atoms with Gasteiger partial charge in [-0.1, -0.05) is 55.4 Å². The summed E-state index contributed by atoms with van der Waals surface area (Å²) < 4.78 is 39.8. The van der Waals surface area contributed by atoms with Crippen molar-refractivity contribution < 1.29 is 78.1 Å². The summed E-state index contributed by atoms with van der Waals surface area (Å²) >= 11 is 0. The molecule has 0 bridgehead atoms. The Morgan fingerprint density at radius 3 is 2.29 bits per heavy atom. The van der Waals surface area contributed by atoms with Gasteiger partial charge in [0.15, 0.2) is 11.6 Å². The van der Waals surface area contributed by atoms with Gasteiger partial charge in [0.25, 0.3) is 0 Å². The molecule has 5 fully saturated rings. The van der Waals surface area contributed by atoms with Crippen LogP contribution >= 0.6 is 0 Å². The number of hydrogen-bond acceptors (Lipinski definition) is 10. The summed E-state index contributed by atoms with van der Waals surface area (Å²) in [6.45, 7) is 18.2. The predicted octanol–water partition coefficient (Wildman–Crippen LogP) is 1.36. The Morgan fingerprint density at radius 2 is 1.69 bits per heavy atom. The molecule has 5 rings (SSSR count). The first-order valence-corrected chi connectivity index (χ1v) is 18.5. The van der Waals surface area contributed by atoms with Gasteiger partial charge in [-0.25, -0.2) is 0 Å². The van der Waals surface area contributed by atoms with Gasteiger partial charge < -0.3 is 48.5 Å². The van der Waals surface area contributed by atoms with E-state index in [0.29, 0.717) is 25.7 Å². The number of carbonyl (C=O) groups is 1. The van der Waals surface area contributed by atoms with Crippen LogP contribution in [0.2, 0.25) is 0 Å². The Labute approximate surface area is 310 Å². The molecule has 0 radical (unpaired) electrons. The minimum Gasteiger partial charge on any atom is -0.550 e. The minimum absolute atomic E-state index is 0. The minimum atomic E-state index is -1.17. The molecule has 5 aliphatic heterocycles. The number of carbonyl (C=O) groups excluding carboxylic acids is 1. The number of aliphatic hydroxyl groups is 2. The van der Waals surface area contributed by atoms with Crippen molar-refractivity contribution in [1.29, 1.82) is 0 Å². The molecule has 0 amide bonds. The molecule has 272 valence electrons. The van der Waals surface area contributed by atoms with Gasteiger partial charge in [0.1, 0.15) is 0 Å². The maximum atomic E-state index is 11.7. The molecule has 5 heterocycles. The predicted molar refractivity (Wildman–Crippen MR) is 173 cm³/mol. The Kier molecular flexibility index (Phi) is 13.0. The van der Waals surface area contributed by atoms with Crippen molar-refractivity contribution in [2.24, 2.45) is 35.5 Å². The number of hydrogen-bond donors (Lipinski definition) is 2. The van der Waals surface area contributed by atoms with E-state index in [4.69, 9.17) is 28.4 Å². The van der Waals surface area contributed by atoms with Crippen molar-refractivity contribution in [3.05, 3.63) is 0 Å². The van der Waals surface area contributed by atoms with E-state index in [1.54, 1.807) is 6.92 Å². The first kappa shape index (κ1) is 40.9. The van der Waals surface area contributed by atoms with Crippen LogP contribution in [0.25, 0.3) is 0 Å². The zero-order valence-corrected chi connectivity index (χ0v) is 33.5. The molecule has 0 aromatic rings. The Morgan fingerprint density at radius 1 is 1.00 bits per heavy atom. The van der Waals surface area contributed by atoms with E-state index in [1.165, 1.54) is 7.11 Å². The smallest absolute Gasteiger partial charge is 0.550 e. The van der Waals surface area contributed by atoms with Gasteiger partial charge in [0.2, 0.25) is 0 Å². The third-order valence-electron chi connectivity index (χ3n) is 13.3. The molecule has 0 aliphatic carbocycles. The fourth-order valence-corrected chi connectivity index (χ4v) is 10.1. The zero-order chi connectivity index (χ0) is 34.7. The van der Waals surface area contributed by atoms with Crippen molar-refractivity contribution in [2.45, 2.75) is 186 Å². The van der Waals surface area contributed by atoms with Crippen LogP contribution < -0.4 is 34.7 Å². The summed E-state index contributed by atoms with van der Waals surface area (Å²) in [5.41, 5.74) is -1.08. The van der Waals surface area contributed by atoms with Crippen LogP contribution in [0.15, 0.2) is 0 Å².